The molecular weight excluding hydrogens is 488 g/mol. The lowest BCUT2D eigenvalue weighted by Gasteiger charge is -2.17. The third-order valence-electron chi connectivity index (χ3n) is 6.83. The highest BCUT2D eigenvalue weighted by Gasteiger charge is 2.29. The van der Waals surface area contributed by atoms with Crippen LogP contribution in [0.5, 0.6) is 0 Å². The molecule has 6 rings (SSSR count). The van der Waals surface area contributed by atoms with E-state index in [0.717, 1.165) is 33.5 Å². The number of aromatic nitrogens is 4. The molecule has 0 amide bonds. The molecule has 0 aliphatic heterocycles. The van der Waals surface area contributed by atoms with E-state index in [0.29, 0.717) is 10.7 Å². The lowest BCUT2D eigenvalue weighted by atomic mass is 10.0. The number of para-hydroxylation sites is 1. The molecule has 38 heavy (non-hydrogen) atoms. The van der Waals surface area contributed by atoms with E-state index in [1.165, 1.54) is 22.9 Å². The number of aryl methyl sites for hydroxylation is 2. The maximum Gasteiger partial charge on any atom is 0.197 e. The number of nitrogens with one attached hydrogen (secondary N) is 1. The molecular formula is C32H26N4OS. The molecule has 6 aromatic rings. The van der Waals surface area contributed by atoms with Crippen LogP contribution in [0.2, 0.25) is 0 Å². The topological polar surface area (TPSA) is 63.6 Å². The summed E-state index contributed by atoms with van der Waals surface area (Å²) in [4.78, 5) is 17.4. The highest BCUT2D eigenvalue weighted by molar-refractivity contribution is 8.00. The summed E-state index contributed by atoms with van der Waals surface area (Å²) in [5, 5.41) is 10.3. The fourth-order valence-corrected chi connectivity index (χ4v) is 5.76. The first-order valence-electron chi connectivity index (χ1n) is 12.5. The van der Waals surface area contributed by atoms with Crippen molar-refractivity contribution in [3.8, 4) is 17.1 Å². The van der Waals surface area contributed by atoms with E-state index in [1.54, 1.807) is 0 Å². The highest BCUT2D eigenvalue weighted by atomic mass is 32.2. The summed E-state index contributed by atoms with van der Waals surface area (Å²) in [5.41, 5.74) is 6.85. The Morgan fingerprint density at radius 1 is 0.816 bits per heavy atom. The van der Waals surface area contributed by atoms with Gasteiger partial charge in [0, 0.05) is 28.2 Å². The smallest absolute Gasteiger partial charge is 0.197 e. The first-order valence-corrected chi connectivity index (χ1v) is 13.4. The van der Waals surface area contributed by atoms with Crippen LogP contribution in [0.15, 0.2) is 114 Å². The summed E-state index contributed by atoms with van der Waals surface area (Å²) in [6, 6.07) is 34.2. The van der Waals surface area contributed by atoms with Gasteiger partial charge in [0.15, 0.2) is 16.8 Å². The van der Waals surface area contributed by atoms with Crippen LogP contribution in [0, 0.1) is 13.8 Å². The number of carbonyl (C=O) groups excluding carboxylic acids is 1. The van der Waals surface area contributed by atoms with Crippen LogP contribution in [0.4, 0.5) is 0 Å². The summed E-state index contributed by atoms with van der Waals surface area (Å²) in [7, 11) is 0. The number of fused-ring (bicyclic) bond motifs is 1. The molecule has 0 saturated carbocycles. The van der Waals surface area contributed by atoms with Crippen molar-refractivity contribution in [3.63, 3.8) is 0 Å². The molecule has 0 fully saturated rings. The third-order valence-corrected chi connectivity index (χ3v) is 8.03. The molecule has 1 atom stereocenters. The van der Waals surface area contributed by atoms with E-state index < -0.39 is 5.25 Å². The van der Waals surface area contributed by atoms with E-state index >= 15 is 0 Å². The largest absolute Gasteiger partial charge is 0.360 e. The molecule has 0 aliphatic rings. The molecule has 0 aliphatic carbocycles. The van der Waals surface area contributed by atoms with Crippen molar-refractivity contribution in [3.05, 3.63) is 132 Å². The molecule has 0 radical (unpaired) electrons. The molecule has 1 unspecified atom stereocenters. The maximum atomic E-state index is 14.1. The molecule has 6 heteroatoms. The second-order valence-electron chi connectivity index (χ2n) is 9.30. The second kappa shape index (κ2) is 10.1. The lowest BCUT2D eigenvalue weighted by molar-refractivity contribution is 0.0991. The van der Waals surface area contributed by atoms with Crippen LogP contribution in [0.1, 0.15) is 32.3 Å². The number of carbonyl (C=O) groups is 1. The van der Waals surface area contributed by atoms with Gasteiger partial charge in [0.25, 0.3) is 0 Å². The molecule has 0 spiro atoms. The summed E-state index contributed by atoms with van der Waals surface area (Å²) in [6.45, 7) is 4.20. The summed E-state index contributed by atoms with van der Waals surface area (Å²) < 4.78 is 2.06. The normalized spacial score (nSPS) is 12.1. The number of hydrogen-bond acceptors (Lipinski definition) is 4. The van der Waals surface area contributed by atoms with Gasteiger partial charge in [-0.05, 0) is 48.7 Å². The van der Waals surface area contributed by atoms with Gasteiger partial charge in [0.05, 0.1) is 5.69 Å². The maximum absolute atomic E-state index is 14.1. The van der Waals surface area contributed by atoms with E-state index in [-0.39, 0.29) is 5.78 Å². The van der Waals surface area contributed by atoms with Gasteiger partial charge in [-0.2, -0.15) is 0 Å². The highest BCUT2D eigenvalue weighted by Crippen LogP contribution is 2.40. The minimum Gasteiger partial charge on any atom is -0.360 e. The van der Waals surface area contributed by atoms with Gasteiger partial charge in [0.2, 0.25) is 0 Å². The Morgan fingerprint density at radius 2 is 1.53 bits per heavy atom. The SMILES string of the molecule is Cc1ccc(-n2c(SC(C(=O)c3c[nH]c4ccccc34)c3ccccc3)nnc2-c2ccccc2)cc1C. The number of thioether (sulfide) groups is 1. The predicted molar refractivity (Wildman–Crippen MR) is 154 cm³/mol. The molecule has 2 heterocycles. The van der Waals surface area contributed by atoms with Gasteiger partial charge in [-0.3, -0.25) is 9.36 Å². The fourth-order valence-electron chi connectivity index (χ4n) is 4.64. The number of nitrogens with zero attached hydrogens (tertiary/aromatic N) is 3. The zero-order chi connectivity index (χ0) is 26.1. The monoisotopic (exact) mass is 514 g/mol. The van der Waals surface area contributed by atoms with Crippen molar-refractivity contribution in [2.24, 2.45) is 0 Å². The van der Waals surface area contributed by atoms with Gasteiger partial charge >= 0.3 is 0 Å². The van der Waals surface area contributed by atoms with E-state index in [4.69, 9.17) is 0 Å². The van der Waals surface area contributed by atoms with Gasteiger partial charge in [0.1, 0.15) is 5.25 Å². The van der Waals surface area contributed by atoms with Crippen molar-refractivity contribution in [2.45, 2.75) is 24.3 Å². The quantitative estimate of drug-likeness (QED) is 0.175. The average molecular weight is 515 g/mol. The predicted octanol–water partition coefficient (Wildman–Crippen LogP) is 7.75. The van der Waals surface area contributed by atoms with Crippen molar-refractivity contribution < 1.29 is 4.79 Å². The third kappa shape index (κ3) is 4.44. The van der Waals surface area contributed by atoms with Crippen molar-refractivity contribution in [1.82, 2.24) is 19.7 Å². The van der Waals surface area contributed by atoms with E-state index in [1.807, 2.05) is 91.1 Å². The molecule has 5 nitrogen and oxygen atoms in total. The number of ketones is 1. The zero-order valence-electron chi connectivity index (χ0n) is 21.1. The van der Waals surface area contributed by atoms with Crippen LogP contribution in [-0.2, 0) is 0 Å². The van der Waals surface area contributed by atoms with Crippen molar-refractivity contribution in [2.75, 3.05) is 0 Å². The lowest BCUT2D eigenvalue weighted by Crippen LogP contribution is -2.11. The van der Waals surface area contributed by atoms with Crippen LogP contribution >= 0.6 is 11.8 Å². The number of Topliss-reactive ketones (excluding diaryl/α,β-unsaturated/α-hetero) is 1. The first kappa shape index (κ1) is 23.9. The molecule has 0 bridgehead atoms. The van der Waals surface area contributed by atoms with Crippen LogP contribution in [0.3, 0.4) is 0 Å². The first-order chi connectivity index (χ1) is 18.6. The number of rotatable bonds is 7. The van der Waals surface area contributed by atoms with E-state index in [9.17, 15) is 4.79 Å². The molecule has 0 saturated heterocycles. The number of H-pyrrole nitrogens is 1. The van der Waals surface area contributed by atoms with Gasteiger partial charge in [-0.15, -0.1) is 10.2 Å². The average Bonchev–Trinajstić information content (AvgIpc) is 3.58. The van der Waals surface area contributed by atoms with E-state index in [2.05, 4.69) is 51.8 Å². The standard InChI is InChI=1S/C32H26N4OS/c1-21-17-18-25(19-22(21)2)36-31(24-13-7-4-8-14-24)34-35-32(36)38-30(23-11-5-3-6-12-23)29(37)27-20-33-28-16-10-9-15-26(27)28/h3-20,30,33H,1-2H3. The Morgan fingerprint density at radius 3 is 2.29 bits per heavy atom. The fraction of sp³-hybridized carbons (Fsp3) is 0.0938. The minimum absolute atomic E-state index is 0.0227. The van der Waals surface area contributed by atoms with Gasteiger partial charge in [-0.25, -0.2) is 0 Å². The van der Waals surface area contributed by atoms with Crippen LogP contribution < -0.4 is 0 Å². The zero-order valence-corrected chi connectivity index (χ0v) is 21.9. The number of hydrogen-bond donors (Lipinski definition) is 1. The Hall–Kier alpha value is -4.42. The summed E-state index contributed by atoms with van der Waals surface area (Å²) in [5.74, 6) is 0.761. The van der Waals surface area contributed by atoms with Crippen molar-refractivity contribution >= 4 is 28.4 Å². The summed E-state index contributed by atoms with van der Waals surface area (Å²) in [6.07, 6.45) is 1.81. The Balaban J connectivity index is 1.49. The van der Waals surface area contributed by atoms with Gasteiger partial charge in [-0.1, -0.05) is 96.7 Å². The molecule has 4 aromatic carbocycles. The number of benzene rings is 4. The Bertz CT molecular complexity index is 1740. The van der Waals surface area contributed by atoms with Crippen molar-refractivity contribution in [1.29, 1.82) is 0 Å². The van der Waals surface area contributed by atoms with Gasteiger partial charge < -0.3 is 4.98 Å². The second-order valence-corrected chi connectivity index (χ2v) is 10.4. The van der Waals surface area contributed by atoms with Crippen LogP contribution in [-0.4, -0.2) is 25.5 Å². The molecule has 186 valence electrons. The molecule has 1 N–H and O–H groups in total. The van der Waals surface area contributed by atoms with Crippen LogP contribution in [0.25, 0.3) is 28.0 Å². The minimum atomic E-state index is -0.506. The summed E-state index contributed by atoms with van der Waals surface area (Å²) >= 11 is 1.43. The number of aromatic amines is 1. The Labute approximate surface area is 225 Å². The molecule has 2 aromatic heterocycles. The Kier molecular flexibility index (Phi) is 6.40.